The molecule has 22 heavy (non-hydrogen) atoms. The molecule has 0 bridgehead atoms. The molecule has 0 saturated heterocycles. The zero-order valence-electron chi connectivity index (χ0n) is 12.8. The summed E-state index contributed by atoms with van der Waals surface area (Å²) >= 11 is 0. The molecule has 0 saturated carbocycles. The minimum atomic E-state index is -0.108. The van der Waals surface area contributed by atoms with Gasteiger partial charge in [-0.1, -0.05) is 24.3 Å². The summed E-state index contributed by atoms with van der Waals surface area (Å²) in [7, 11) is 1.64. The van der Waals surface area contributed by atoms with Crippen molar-refractivity contribution >= 4 is 17.5 Å². The summed E-state index contributed by atoms with van der Waals surface area (Å²) in [4.78, 5) is 12.0. The maximum atomic E-state index is 12.0. The molecule has 2 aromatic rings. The van der Waals surface area contributed by atoms with Crippen molar-refractivity contribution in [2.75, 3.05) is 30.9 Å². The summed E-state index contributed by atoms with van der Waals surface area (Å²) in [5.74, 6) is 0.980. The predicted octanol–water partition coefficient (Wildman–Crippen LogP) is 2.02. The van der Waals surface area contributed by atoms with E-state index in [0.29, 0.717) is 31.2 Å². The quantitative estimate of drug-likeness (QED) is 0.765. The van der Waals surface area contributed by atoms with Crippen molar-refractivity contribution in [3.8, 4) is 0 Å². The number of hydrogen-bond acceptors (Lipinski definition) is 5. The van der Waals surface area contributed by atoms with Gasteiger partial charge in [-0.15, -0.1) is 10.2 Å². The number of ether oxygens (including phenoxy) is 1. The molecule has 116 valence electrons. The first kappa shape index (κ1) is 15.9. The van der Waals surface area contributed by atoms with Crippen LogP contribution in [0.1, 0.15) is 11.1 Å². The second-order valence-electron chi connectivity index (χ2n) is 4.87. The van der Waals surface area contributed by atoms with Gasteiger partial charge in [-0.05, 0) is 30.2 Å². The molecule has 0 unspecified atom stereocenters. The van der Waals surface area contributed by atoms with Gasteiger partial charge in [0, 0.05) is 13.7 Å². The van der Waals surface area contributed by atoms with Crippen molar-refractivity contribution in [2.45, 2.75) is 13.3 Å². The topological polar surface area (TPSA) is 76.1 Å². The van der Waals surface area contributed by atoms with Gasteiger partial charge in [0.25, 0.3) is 0 Å². The highest BCUT2D eigenvalue weighted by atomic mass is 16.5. The van der Waals surface area contributed by atoms with Crippen molar-refractivity contribution in [1.82, 2.24) is 10.2 Å². The minimum absolute atomic E-state index is 0.108. The molecule has 1 aromatic carbocycles. The summed E-state index contributed by atoms with van der Waals surface area (Å²) in [5.41, 5.74) is 2.10. The van der Waals surface area contributed by atoms with E-state index in [1.54, 1.807) is 19.2 Å². The molecule has 6 heteroatoms. The van der Waals surface area contributed by atoms with Crippen LogP contribution in [0.25, 0.3) is 0 Å². The van der Waals surface area contributed by atoms with Gasteiger partial charge in [0.1, 0.15) is 5.82 Å². The van der Waals surface area contributed by atoms with E-state index >= 15 is 0 Å². The van der Waals surface area contributed by atoms with Crippen LogP contribution in [0, 0.1) is 6.92 Å². The highest BCUT2D eigenvalue weighted by Gasteiger charge is 2.07. The molecule has 2 rings (SSSR count). The second-order valence-corrected chi connectivity index (χ2v) is 4.87. The van der Waals surface area contributed by atoms with E-state index in [1.165, 1.54) is 0 Å². The average molecular weight is 300 g/mol. The third-order valence-electron chi connectivity index (χ3n) is 3.16. The normalized spacial score (nSPS) is 10.3. The Morgan fingerprint density at radius 1 is 1.14 bits per heavy atom. The number of hydrogen-bond donors (Lipinski definition) is 2. The zero-order valence-corrected chi connectivity index (χ0v) is 12.8. The van der Waals surface area contributed by atoms with E-state index in [1.807, 2.05) is 31.2 Å². The first-order valence-corrected chi connectivity index (χ1v) is 7.10. The van der Waals surface area contributed by atoms with Crippen LogP contribution in [-0.4, -0.2) is 36.4 Å². The fourth-order valence-corrected chi connectivity index (χ4v) is 1.94. The van der Waals surface area contributed by atoms with Crippen LogP contribution >= 0.6 is 0 Å². The number of amides is 1. The Kier molecular flexibility index (Phi) is 5.85. The number of aromatic nitrogens is 2. The van der Waals surface area contributed by atoms with E-state index < -0.39 is 0 Å². The molecule has 6 nitrogen and oxygen atoms in total. The van der Waals surface area contributed by atoms with Crippen LogP contribution in [-0.2, 0) is 16.0 Å². The molecule has 1 heterocycles. The molecular formula is C16H20N4O2. The molecule has 0 spiro atoms. The van der Waals surface area contributed by atoms with Crippen molar-refractivity contribution in [2.24, 2.45) is 0 Å². The van der Waals surface area contributed by atoms with Crippen molar-refractivity contribution in [1.29, 1.82) is 0 Å². The number of anilines is 2. The average Bonchev–Trinajstić information content (AvgIpc) is 2.51. The Morgan fingerprint density at radius 2 is 1.86 bits per heavy atom. The van der Waals surface area contributed by atoms with E-state index in [2.05, 4.69) is 20.8 Å². The number of rotatable bonds is 7. The number of methoxy groups -OCH3 is 1. The maximum Gasteiger partial charge on any atom is 0.230 e. The van der Waals surface area contributed by atoms with Gasteiger partial charge < -0.3 is 15.4 Å². The zero-order chi connectivity index (χ0) is 15.8. The Hall–Kier alpha value is -2.47. The van der Waals surface area contributed by atoms with Crippen molar-refractivity contribution in [3.63, 3.8) is 0 Å². The first-order valence-electron chi connectivity index (χ1n) is 7.10. The third kappa shape index (κ3) is 4.82. The molecule has 1 amide bonds. The number of nitrogens with one attached hydrogen (secondary N) is 2. The number of carbonyl (C=O) groups is 1. The highest BCUT2D eigenvalue weighted by Crippen LogP contribution is 2.10. The highest BCUT2D eigenvalue weighted by molar-refractivity contribution is 5.91. The third-order valence-corrected chi connectivity index (χ3v) is 3.16. The summed E-state index contributed by atoms with van der Waals surface area (Å²) in [6.07, 6.45) is 0.322. The molecule has 1 aromatic heterocycles. The molecule has 0 fully saturated rings. The van der Waals surface area contributed by atoms with Gasteiger partial charge in [-0.3, -0.25) is 4.79 Å². The van der Waals surface area contributed by atoms with E-state index in [4.69, 9.17) is 4.74 Å². The van der Waals surface area contributed by atoms with Gasteiger partial charge in [0.05, 0.1) is 13.0 Å². The van der Waals surface area contributed by atoms with Crippen LogP contribution < -0.4 is 10.6 Å². The lowest BCUT2D eigenvalue weighted by atomic mass is 10.1. The number of benzene rings is 1. The Bertz CT molecular complexity index is 614. The number of nitrogens with zero attached hydrogens (tertiary/aromatic N) is 2. The molecule has 0 aliphatic rings. The molecule has 0 aliphatic heterocycles. The minimum Gasteiger partial charge on any atom is -0.383 e. The maximum absolute atomic E-state index is 12.0. The summed E-state index contributed by atoms with van der Waals surface area (Å²) in [6.45, 7) is 3.24. The van der Waals surface area contributed by atoms with Crippen molar-refractivity contribution < 1.29 is 9.53 Å². The lowest BCUT2D eigenvalue weighted by Crippen LogP contribution is -2.16. The van der Waals surface area contributed by atoms with Gasteiger partial charge in [0.2, 0.25) is 5.91 Å². The first-order chi connectivity index (χ1) is 10.7. The van der Waals surface area contributed by atoms with Gasteiger partial charge in [-0.2, -0.15) is 0 Å². The lowest BCUT2D eigenvalue weighted by molar-refractivity contribution is -0.115. The monoisotopic (exact) mass is 300 g/mol. The van der Waals surface area contributed by atoms with Crippen LogP contribution in [0.2, 0.25) is 0 Å². The summed E-state index contributed by atoms with van der Waals surface area (Å²) in [6, 6.07) is 11.3. The SMILES string of the molecule is COCCNc1ccc(NC(=O)Cc2ccccc2C)nn1. The van der Waals surface area contributed by atoms with Crippen LogP contribution in [0.5, 0.6) is 0 Å². The van der Waals surface area contributed by atoms with Gasteiger partial charge in [0.15, 0.2) is 5.82 Å². The Labute approximate surface area is 129 Å². The molecule has 0 radical (unpaired) electrons. The largest absolute Gasteiger partial charge is 0.383 e. The van der Waals surface area contributed by atoms with E-state index in [-0.39, 0.29) is 5.91 Å². The molecule has 0 atom stereocenters. The van der Waals surface area contributed by atoms with E-state index in [9.17, 15) is 4.79 Å². The van der Waals surface area contributed by atoms with Crippen LogP contribution in [0.4, 0.5) is 11.6 Å². The molecule has 2 N–H and O–H groups in total. The molecule has 0 aliphatic carbocycles. The standard InChI is InChI=1S/C16H20N4O2/c1-12-5-3-4-6-13(12)11-16(21)18-15-8-7-14(19-20-15)17-9-10-22-2/h3-8H,9-11H2,1-2H3,(H,17,19)(H,18,20,21). The fraction of sp³-hybridized carbons (Fsp3) is 0.312. The Morgan fingerprint density at radius 3 is 2.55 bits per heavy atom. The summed E-state index contributed by atoms with van der Waals surface area (Å²) in [5, 5.41) is 13.8. The second kappa shape index (κ2) is 8.09. The van der Waals surface area contributed by atoms with Gasteiger partial charge >= 0.3 is 0 Å². The molecular weight excluding hydrogens is 280 g/mol. The Balaban J connectivity index is 1.88. The number of aryl methyl sites for hydroxylation is 1. The van der Waals surface area contributed by atoms with Crippen LogP contribution in [0.3, 0.4) is 0 Å². The van der Waals surface area contributed by atoms with Gasteiger partial charge in [-0.25, -0.2) is 0 Å². The lowest BCUT2D eigenvalue weighted by Gasteiger charge is -2.07. The fourth-order valence-electron chi connectivity index (χ4n) is 1.94. The summed E-state index contributed by atoms with van der Waals surface area (Å²) < 4.78 is 4.94. The van der Waals surface area contributed by atoms with E-state index in [0.717, 1.165) is 11.1 Å². The predicted molar refractivity (Wildman–Crippen MR) is 85.9 cm³/mol. The van der Waals surface area contributed by atoms with Crippen molar-refractivity contribution in [3.05, 3.63) is 47.5 Å². The smallest absolute Gasteiger partial charge is 0.230 e. The number of carbonyl (C=O) groups excluding carboxylic acids is 1. The van der Waals surface area contributed by atoms with Crippen LogP contribution in [0.15, 0.2) is 36.4 Å².